The molecule has 0 unspecified atom stereocenters. The molecule has 9 heteroatoms. The molecule has 0 bridgehead atoms. The molecule has 0 atom stereocenters. The Labute approximate surface area is 191 Å². The molecule has 2 amide bonds. The van der Waals surface area contributed by atoms with Gasteiger partial charge in [-0.15, -0.1) is 0 Å². The summed E-state index contributed by atoms with van der Waals surface area (Å²) in [4.78, 5) is 39.5. The van der Waals surface area contributed by atoms with Gasteiger partial charge >= 0.3 is 5.97 Å². The predicted molar refractivity (Wildman–Crippen MR) is 121 cm³/mol. The average Bonchev–Trinajstić information content (AvgIpc) is 2.73. The summed E-state index contributed by atoms with van der Waals surface area (Å²) in [6.45, 7) is 6.36. The van der Waals surface area contributed by atoms with Crippen molar-refractivity contribution < 1.29 is 28.6 Å². The summed E-state index contributed by atoms with van der Waals surface area (Å²) in [6, 6.07) is 9.75. The molecule has 2 aromatic carbocycles. The smallest absolute Gasteiger partial charge is 0.338 e. The summed E-state index contributed by atoms with van der Waals surface area (Å²) >= 11 is 6.26. The molecule has 8 nitrogen and oxygen atoms in total. The summed E-state index contributed by atoms with van der Waals surface area (Å²) in [5.74, 6) is -1.06. The first-order valence-corrected chi connectivity index (χ1v) is 10.4. The molecule has 2 aromatic rings. The van der Waals surface area contributed by atoms with E-state index < -0.39 is 24.0 Å². The van der Waals surface area contributed by atoms with Crippen molar-refractivity contribution in [2.75, 3.05) is 23.9 Å². The van der Waals surface area contributed by atoms with Crippen LogP contribution >= 0.6 is 11.6 Å². The van der Waals surface area contributed by atoms with Crippen molar-refractivity contribution in [2.45, 2.75) is 39.3 Å². The Kier molecular flexibility index (Phi) is 6.64. The molecule has 1 heterocycles. The molecular weight excluding hydrogens is 436 g/mol. The largest absolute Gasteiger partial charge is 0.493 e. The second-order valence-electron chi connectivity index (χ2n) is 7.99. The van der Waals surface area contributed by atoms with Gasteiger partial charge in [-0.2, -0.15) is 0 Å². The first-order chi connectivity index (χ1) is 15.1. The molecule has 1 N–H and O–H groups in total. The Bertz CT molecular complexity index is 1070. The lowest BCUT2D eigenvalue weighted by molar-refractivity contribution is -0.128. The van der Waals surface area contributed by atoms with Crippen LogP contribution in [-0.4, -0.2) is 43.1 Å². The summed E-state index contributed by atoms with van der Waals surface area (Å²) in [6.07, 6.45) is -0.148. The van der Waals surface area contributed by atoms with Crippen LogP contribution in [0.25, 0.3) is 0 Å². The van der Waals surface area contributed by atoms with Crippen LogP contribution in [0.3, 0.4) is 0 Å². The van der Waals surface area contributed by atoms with E-state index in [-0.39, 0.29) is 28.3 Å². The van der Waals surface area contributed by atoms with Gasteiger partial charge in [0.2, 0.25) is 5.91 Å². The number of hydrogen-bond donors (Lipinski definition) is 1. The zero-order valence-corrected chi connectivity index (χ0v) is 19.3. The van der Waals surface area contributed by atoms with Crippen LogP contribution in [0.4, 0.5) is 11.4 Å². The zero-order chi connectivity index (χ0) is 23.6. The fourth-order valence-corrected chi connectivity index (χ4v) is 3.62. The molecule has 1 aliphatic heterocycles. The summed E-state index contributed by atoms with van der Waals surface area (Å²) < 4.78 is 16.2. The zero-order valence-electron chi connectivity index (χ0n) is 18.5. The maximum Gasteiger partial charge on any atom is 0.338 e. The Morgan fingerprint density at radius 3 is 2.53 bits per heavy atom. The van der Waals surface area contributed by atoms with Crippen LogP contribution in [0.2, 0.25) is 5.02 Å². The minimum atomic E-state index is -1.17. The number of fused-ring (bicyclic) bond motifs is 1. The number of ether oxygens (including phenoxy) is 3. The highest BCUT2D eigenvalue weighted by Crippen LogP contribution is 2.38. The van der Waals surface area contributed by atoms with Gasteiger partial charge in [-0.3, -0.25) is 14.5 Å². The van der Waals surface area contributed by atoms with Gasteiger partial charge in [0.25, 0.3) is 5.91 Å². The first kappa shape index (κ1) is 23.4. The molecule has 0 aliphatic carbocycles. The van der Waals surface area contributed by atoms with Crippen LogP contribution in [0.1, 0.15) is 38.1 Å². The number of halogens is 1. The number of rotatable bonds is 6. The van der Waals surface area contributed by atoms with Gasteiger partial charge in [-0.05, 0) is 52.0 Å². The van der Waals surface area contributed by atoms with Gasteiger partial charge in [-0.25, -0.2) is 4.79 Å². The van der Waals surface area contributed by atoms with Gasteiger partial charge in [0.15, 0.2) is 18.1 Å². The monoisotopic (exact) mass is 460 g/mol. The van der Waals surface area contributed by atoms with E-state index in [0.29, 0.717) is 17.1 Å². The maximum atomic E-state index is 13.0. The second-order valence-corrected chi connectivity index (χ2v) is 8.40. The van der Waals surface area contributed by atoms with E-state index in [9.17, 15) is 14.4 Å². The van der Waals surface area contributed by atoms with Crippen LogP contribution in [0, 0.1) is 0 Å². The molecule has 0 saturated carbocycles. The summed E-state index contributed by atoms with van der Waals surface area (Å²) in [5, 5.41) is 2.96. The quantitative estimate of drug-likeness (QED) is 0.653. The number of para-hydroxylation sites is 2. The first-order valence-electron chi connectivity index (χ1n) is 10.0. The van der Waals surface area contributed by atoms with Gasteiger partial charge in [0.05, 0.1) is 35.2 Å². The summed E-state index contributed by atoms with van der Waals surface area (Å²) in [5.41, 5.74) is -0.0289. The lowest BCUT2D eigenvalue weighted by Crippen LogP contribution is -2.59. The normalized spacial score (nSPS) is 14.5. The Balaban J connectivity index is 1.80. The Morgan fingerprint density at radius 2 is 1.88 bits per heavy atom. The maximum absolute atomic E-state index is 13.0. The van der Waals surface area contributed by atoms with Gasteiger partial charge in [-0.1, -0.05) is 23.7 Å². The number of carbonyl (C=O) groups excluding carboxylic acids is 3. The topological polar surface area (TPSA) is 94.2 Å². The number of benzene rings is 2. The van der Waals surface area contributed by atoms with Gasteiger partial charge in [0, 0.05) is 0 Å². The van der Waals surface area contributed by atoms with Crippen molar-refractivity contribution in [3.63, 3.8) is 0 Å². The van der Waals surface area contributed by atoms with Crippen LogP contribution in [0.15, 0.2) is 36.4 Å². The van der Waals surface area contributed by atoms with Crippen molar-refractivity contribution in [3.05, 3.63) is 47.0 Å². The number of nitrogens with zero attached hydrogens (tertiary/aromatic N) is 1. The average molecular weight is 461 g/mol. The molecular formula is C23H25ClN2O6. The molecule has 3 rings (SSSR count). The van der Waals surface area contributed by atoms with E-state index in [2.05, 4.69) is 5.32 Å². The number of methoxy groups -OCH3 is 1. The third-order valence-corrected chi connectivity index (χ3v) is 5.18. The highest BCUT2D eigenvalue weighted by molar-refractivity contribution is 6.32. The van der Waals surface area contributed by atoms with E-state index in [1.54, 1.807) is 38.1 Å². The summed E-state index contributed by atoms with van der Waals surface area (Å²) in [7, 11) is 1.43. The third kappa shape index (κ3) is 4.50. The van der Waals surface area contributed by atoms with E-state index >= 15 is 0 Å². The molecule has 0 aromatic heterocycles. The van der Waals surface area contributed by atoms with Crippen molar-refractivity contribution in [3.8, 4) is 11.5 Å². The van der Waals surface area contributed by atoms with Crippen molar-refractivity contribution in [2.24, 2.45) is 0 Å². The van der Waals surface area contributed by atoms with E-state index in [4.69, 9.17) is 25.8 Å². The van der Waals surface area contributed by atoms with Crippen molar-refractivity contribution in [1.29, 1.82) is 0 Å². The number of amides is 2. The highest BCUT2D eigenvalue weighted by Gasteiger charge is 2.43. The van der Waals surface area contributed by atoms with Gasteiger partial charge < -0.3 is 19.5 Å². The fraction of sp³-hybridized carbons (Fsp3) is 0.348. The Hall–Kier alpha value is -3.26. The van der Waals surface area contributed by atoms with Crippen molar-refractivity contribution >= 4 is 40.8 Å². The molecule has 170 valence electrons. The SMILES string of the molecule is COc1cc(C(=O)OCC(=O)N2c3ccccc3NC(=O)C2(C)C)cc(Cl)c1OC(C)C. The van der Waals surface area contributed by atoms with E-state index in [0.717, 1.165) is 0 Å². The third-order valence-electron chi connectivity index (χ3n) is 4.90. The number of anilines is 2. The van der Waals surface area contributed by atoms with Crippen LogP contribution in [0.5, 0.6) is 11.5 Å². The lowest BCUT2D eigenvalue weighted by atomic mass is 9.96. The van der Waals surface area contributed by atoms with E-state index in [1.807, 2.05) is 13.8 Å². The minimum Gasteiger partial charge on any atom is -0.493 e. The molecule has 32 heavy (non-hydrogen) atoms. The number of nitrogens with one attached hydrogen (secondary N) is 1. The van der Waals surface area contributed by atoms with Crippen LogP contribution < -0.4 is 19.7 Å². The standard InChI is InChI=1S/C23H25ClN2O6/c1-13(2)32-20-15(24)10-14(11-18(20)30-5)21(28)31-12-19(27)26-17-9-7-6-8-16(17)25-22(29)23(26,3)4/h6-11,13H,12H2,1-5H3,(H,25,29). The lowest BCUT2D eigenvalue weighted by Gasteiger charge is -2.41. The predicted octanol–water partition coefficient (Wildman–Crippen LogP) is 4.06. The van der Waals surface area contributed by atoms with Crippen molar-refractivity contribution in [1.82, 2.24) is 0 Å². The number of carbonyl (C=O) groups is 3. The number of hydrogen-bond acceptors (Lipinski definition) is 6. The van der Waals surface area contributed by atoms with Crippen LogP contribution in [-0.2, 0) is 14.3 Å². The fourth-order valence-electron chi connectivity index (χ4n) is 3.36. The minimum absolute atomic E-state index is 0.104. The second kappa shape index (κ2) is 9.08. The molecule has 1 aliphatic rings. The van der Waals surface area contributed by atoms with E-state index in [1.165, 1.54) is 24.1 Å². The Morgan fingerprint density at radius 1 is 1.19 bits per heavy atom. The number of esters is 1. The molecule has 0 spiro atoms. The molecule has 0 radical (unpaired) electrons. The highest BCUT2D eigenvalue weighted by atomic mass is 35.5. The molecule has 0 fully saturated rings. The molecule has 0 saturated heterocycles. The van der Waals surface area contributed by atoms with Gasteiger partial charge in [0.1, 0.15) is 5.54 Å².